The molecule has 0 atom stereocenters. The van der Waals surface area contributed by atoms with Crippen LogP contribution >= 0.6 is 17.1 Å². The minimum atomic E-state index is -0.391. The zero-order valence-corrected chi connectivity index (χ0v) is 15.6. The first-order valence-electron chi connectivity index (χ1n) is 5.36. The summed E-state index contributed by atoms with van der Waals surface area (Å²) in [6, 6.07) is 0. The molecule has 0 amide bonds. The van der Waals surface area contributed by atoms with E-state index in [9.17, 15) is 0 Å². The van der Waals surface area contributed by atoms with E-state index in [0.29, 0.717) is 15.5 Å². The van der Waals surface area contributed by atoms with Crippen molar-refractivity contribution in [2.45, 2.75) is 77.8 Å². The van der Waals surface area contributed by atoms with Gasteiger partial charge in [0.15, 0.2) is 0 Å². The minimum absolute atomic E-state index is 0.391. The Hall–Kier alpha value is 1.46. The van der Waals surface area contributed by atoms with Crippen molar-refractivity contribution in [3.05, 3.63) is 0 Å². The Morgan fingerprint density at radius 1 is 0.600 bits per heavy atom. The fraction of sp³-hybridized carbons (Fsp3) is 1.00. The fourth-order valence-corrected chi connectivity index (χ4v) is 10.1. The van der Waals surface area contributed by atoms with E-state index in [0.717, 1.165) is 0 Å². The molecule has 0 aromatic heterocycles. The summed E-state index contributed by atoms with van der Waals surface area (Å²) < 4.78 is 0. The van der Waals surface area contributed by atoms with Gasteiger partial charge in [0, 0.05) is 7.92 Å². The van der Waals surface area contributed by atoms with Gasteiger partial charge >= 0.3 is 29.2 Å². The predicted molar refractivity (Wildman–Crippen MR) is 73.4 cm³/mol. The molecule has 0 spiro atoms. The first-order chi connectivity index (χ1) is 6.37. The van der Waals surface area contributed by atoms with E-state index in [1.807, 2.05) is 0 Å². The van der Waals surface area contributed by atoms with Crippen molar-refractivity contribution in [3.63, 3.8) is 0 Å². The van der Waals surface area contributed by atoms with E-state index in [-0.39, 0.29) is 0 Å². The van der Waals surface area contributed by atoms with Crippen LogP contribution in [0.5, 0.6) is 0 Å². The SMILES string of the molecule is CC(C)(C)[PH+](C(C)(C)C)C(C)(C)C.[Cl][Au]. The summed E-state index contributed by atoms with van der Waals surface area (Å²) in [6.45, 7) is 21.6. The van der Waals surface area contributed by atoms with Crippen LogP contribution in [0.25, 0.3) is 0 Å². The molecule has 0 radical (unpaired) electrons. The van der Waals surface area contributed by atoms with Crippen LogP contribution in [0.2, 0.25) is 0 Å². The molecule has 0 nitrogen and oxygen atoms in total. The third kappa shape index (κ3) is 7.40. The molecule has 0 aliphatic carbocycles. The van der Waals surface area contributed by atoms with Crippen LogP contribution in [0.15, 0.2) is 0 Å². The number of rotatable bonds is 0. The molecule has 98 valence electrons. The van der Waals surface area contributed by atoms with Gasteiger partial charge < -0.3 is 0 Å². The molecule has 0 fully saturated rings. The monoisotopic (exact) mass is 435 g/mol. The fourth-order valence-electron chi connectivity index (χ4n) is 3.38. The van der Waals surface area contributed by atoms with Crippen molar-refractivity contribution in [1.82, 2.24) is 0 Å². The van der Waals surface area contributed by atoms with Gasteiger partial charge in [0.05, 0.1) is 15.5 Å². The molecular formula is C12H28AuClP+. The van der Waals surface area contributed by atoms with E-state index in [4.69, 9.17) is 0 Å². The average Bonchev–Trinajstić information content (AvgIpc) is 1.79. The van der Waals surface area contributed by atoms with Crippen LogP contribution in [0.3, 0.4) is 0 Å². The maximum absolute atomic E-state index is 4.58. The van der Waals surface area contributed by atoms with Crippen LogP contribution in [0.1, 0.15) is 62.3 Å². The third-order valence-electron chi connectivity index (χ3n) is 2.25. The van der Waals surface area contributed by atoms with E-state index in [1.54, 1.807) is 20.0 Å². The second-order valence-electron chi connectivity index (χ2n) is 7.12. The van der Waals surface area contributed by atoms with Crippen molar-refractivity contribution in [1.29, 1.82) is 0 Å². The van der Waals surface area contributed by atoms with Gasteiger partial charge in [-0.25, -0.2) is 0 Å². The van der Waals surface area contributed by atoms with E-state index >= 15 is 0 Å². The summed E-state index contributed by atoms with van der Waals surface area (Å²) >= 11 is 1.75. The Kier molecular flexibility index (Phi) is 8.04. The van der Waals surface area contributed by atoms with Crippen molar-refractivity contribution in [2.75, 3.05) is 0 Å². The van der Waals surface area contributed by atoms with Crippen LogP contribution in [-0.4, -0.2) is 15.5 Å². The van der Waals surface area contributed by atoms with Crippen molar-refractivity contribution in [2.24, 2.45) is 0 Å². The Morgan fingerprint density at radius 3 is 0.733 bits per heavy atom. The second-order valence-corrected chi connectivity index (χ2v) is 12.4. The molecule has 0 N–H and O–H groups in total. The van der Waals surface area contributed by atoms with Crippen molar-refractivity contribution in [3.8, 4) is 0 Å². The second kappa shape index (κ2) is 6.41. The van der Waals surface area contributed by atoms with Crippen LogP contribution in [0.4, 0.5) is 0 Å². The summed E-state index contributed by atoms with van der Waals surface area (Å²) in [5.74, 6) is 0. The predicted octanol–water partition coefficient (Wildman–Crippen LogP) is 5.28. The molecule has 0 aromatic carbocycles. The summed E-state index contributed by atoms with van der Waals surface area (Å²) in [7, 11) is 4.19. The zero-order valence-electron chi connectivity index (χ0n) is 11.7. The Balaban J connectivity index is 0. The molecule has 0 saturated carbocycles. The molecule has 0 saturated heterocycles. The molecular weight excluding hydrogens is 408 g/mol. The molecule has 0 bridgehead atoms. The molecule has 0 rings (SSSR count). The molecule has 0 heterocycles. The first-order valence-corrected chi connectivity index (χ1v) is 9.55. The molecule has 0 unspecified atom stereocenters. The summed E-state index contributed by atoms with van der Waals surface area (Å²) in [5, 5.41) is 1.46. The quantitative estimate of drug-likeness (QED) is 0.358. The van der Waals surface area contributed by atoms with Gasteiger partial charge in [-0.1, -0.05) is 0 Å². The maximum atomic E-state index is 4.58. The third-order valence-corrected chi connectivity index (χ3v) is 6.75. The van der Waals surface area contributed by atoms with Crippen LogP contribution < -0.4 is 0 Å². The van der Waals surface area contributed by atoms with Crippen molar-refractivity contribution < 1.29 is 20.0 Å². The molecule has 3 heteroatoms. The molecule has 0 aromatic rings. The molecule has 15 heavy (non-hydrogen) atoms. The molecule has 0 aliphatic heterocycles. The topological polar surface area (TPSA) is 0 Å². The number of hydrogen-bond acceptors (Lipinski definition) is 0. The van der Waals surface area contributed by atoms with E-state index in [1.165, 1.54) is 0 Å². The van der Waals surface area contributed by atoms with Gasteiger partial charge in [0.2, 0.25) is 0 Å². The van der Waals surface area contributed by atoms with Gasteiger partial charge in [-0.3, -0.25) is 0 Å². The first kappa shape index (κ1) is 18.8. The van der Waals surface area contributed by atoms with E-state index < -0.39 is 7.92 Å². The summed E-state index contributed by atoms with van der Waals surface area (Å²) in [5.41, 5.74) is 0. The van der Waals surface area contributed by atoms with Gasteiger partial charge in [-0.2, -0.15) is 0 Å². The average molecular weight is 436 g/mol. The molecule has 0 aliphatic rings. The zero-order chi connectivity index (χ0) is 13.1. The summed E-state index contributed by atoms with van der Waals surface area (Å²) in [4.78, 5) is 0. The van der Waals surface area contributed by atoms with Crippen molar-refractivity contribution >= 4 is 17.1 Å². The normalized spacial score (nSPS) is 13.7. The number of hydrogen-bond donors (Lipinski definition) is 0. The van der Waals surface area contributed by atoms with Gasteiger partial charge in [0.1, 0.15) is 0 Å². The Morgan fingerprint density at radius 2 is 0.733 bits per heavy atom. The number of halogens is 1. The van der Waals surface area contributed by atoms with Crippen LogP contribution in [0, 0.1) is 0 Å². The Labute approximate surface area is 114 Å². The van der Waals surface area contributed by atoms with Gasteiger partial charge in [-0.05, 0) is 62.3 Å². The Bertz CT molecular complexity index is 138. The van der Waals surface area contributed by atoms with Gasteiger partial charge in [-0.15, -0.1) is 0 Å². The van der Waals surface area contributed by atoms with Gasteiger partial charge in [0.25, 0.3) is 0 Å². The summed E-state index contributed by atoms with van der Waals surface area (Å²) in [6.07, 6.45) is 0. The standard InChI is InChI=1S/C12H27P.Au.ClH/c1-10(2,3)13(11(4,5)6)12(7,8)9;;/h1-9H3;;1H/q;+1;. The van der Waals surface area contributed by atoms with Crippen LogP contribution in [-0.2, 0) is 20.0 Å². The van der Waals surface area contributed by atoms with E-state index in [2.05, 4.69) is 71.5 Å².